The lowest BCUT2D eigenvalue weighted by Gasteiger charge is -2.25. The highest BCUT2D eigenvalue weighted by Crippen LogP contribution is 2.26. The molecule has 0 aliphatic carbocycles. The summed E-state index contributed by atoms with van der Waals surface area (Å²) in [6, 6.07) is 14.6. The van der Waals surface area contributed by atoms with Crippen molar-refractivity contribution in [3.05, 3.63) is 85.5 Å². The second-order valence-electron chi connectivity index (χ2n) is 7.13. The van der Waals surface area contributed by atoms with Gasteiger partial charge in [-0.15, -0.1) is 0 Å². The zero-order chi connectivity index (χ0) is 22.1. The van der Waals surface area contributed by atoms with Gasteiger partial charge in [0.05, 0.1) is 23.9 Å². The number of nitrogens with one attached hydrogen (secondary N) is 1. The second kappa shape index (κ2) is 8.63. The largest absolute Gasteiger partial charge is 0.378 e. The topological polar surface area (TPSA) is 80.2 Å². The molecular formula is C23H17ClN4O3S. The molecule has 7 nitrogen and oxygen atoms in total. The Bertz CT molecular complexity index is 1470. The summed E-state index contributed by atoms with van der Waals surface area (Å²) in [5.41, 5.74) is 1.10. The van der Waals surface area contributed by atoms with Crippen LogP contribution in [0.1, 0.15) is 11.1 Å². The van der Waals surface area contributed by atoms with Gasteiger partial charge in [-0.05, 0) is 30.3 Å². The van der Waals surface area contributed by atoms with Crippen LogP contribution in [0.25, 0.3) is 16.0 Å². The fraction of sp³-hybridized carbons (Fsp3) is 0.174. The minimum absolute atomic E-state index is 0.259. The summed E-state index contributed by atoms with van der Waals surface area (Å²) < 4.78 is 6.78. The molecule has 4 aromatic rings. The van der Waals surface area contributed by atoms with Gasteiger partial charge < -0.3 is 9.64 Å². The molecule has 2 aromatic carbocycles. The van der Waals surface area contributed by atoms with Crippen molar-refractivity contribution in [3.63, 3.8) is 0 Å². The molecule has 1 N–H and O–H groups in total. The van der Waals surface area contributed by atoms with Crippen molar-refractivity contribution in [2.75, 3.05) is 31.2 Å². The van der Waals surface area contributed by atoms with Crippen LogP contribution >= 0.6 is 22.9 Å². The predicted octanol–water partition coefficient (Wildman–Crippen LogP) is 3.03. The van der Waals surface area contributed by atoms with Crippen molar-refractivity contribution in [2.24, 2.45) is 0 Å². The van der Waals surface area contributed by atoms with Crippen LogP contribution in [0.15, 0.2) is 58.1 Å². The van der Waals surface area contributed by atoms with Gasteiger partial charge in [0.25, 0.3) is 5.56 Å². The molecule has 1 fully saturated rings. The van der Waals surface area contributed by atoms with E-state index in [4.69, 9.17) is 16.3 Å². The minimum atomic E-state index is -0.591. The molecule has 160 valence electrons. The maximum atomic E-state index is 13.2. The molecule has 0 saturated carbocycles. The third kappa shape index (κ3) is 3.94. The van der Waals surface area contributed by atoms with E-state index in [1.54, 1.807) is 18.2 Å². The van der Waals surface area contributed by atoms with Gasteiger partial charge in [-0.2, -0.15) is 0 Å². The lowest BCUT2D eigenvalue weighted by atomic mass is 10.1. The Labute approximate surface area is 191 Å². The third-order valence-electron chi connectivity index (χ3n) is 5.04. The maximum absolute atomic E-state index is 13.2. The molecule has 1 aliphatic rings. The number of morpholine rings is 1. The molecular weight excluding hydrogens is 448 g/mol. The molecule has 2 aromatic heterocycles. The van der Waals surface area contributed by atoms with E-state index >= 15 is 0 Å². The lowest BCUT2D eigenvalue weighted by Crippen LogP contribution is -2.36. The van der Waals surface area contributed by atoms with Gasteiger partial charge in [-0.1, -0.05) is 53.0 Å². The Morgan fingerprint density at radius 1 is 1.03 bits per heavy atom. The first-order chi connectivity index (χ1) is 15.6. The molecule has 1 aliphatic heterocycles. The number of aromatic amines is 1. The smallest absolute Gasteiger partial charge is 0.334 e. The molecule has 32 heavy (non-hydrogen) atoms. The quantitative estimate of drug-likeness (QED) is 0.461. The molecule has 3 heterocycles. The van der Waals surface area contributed by atoms with Crippen LogP contribution < -0.4 is 16.1 Å². The van der Waals surface area contributed by atoms with Crippen molar-refractivity contribution in [1.82, 2.24) is 14.5 Å². The molecule has 0 bridgehead atoms. The number of ether oxygens (including phenoxy) is 1. The molecule has 0 atom stereocenters. The number of halogens is 1. The van der Waals surface area contributed by atoms with E-state index < -0.39 is 11.2 Å². The molecule has 0 spiro atoms. The summed E-state index contributed by atoms with van der Waals surface area (Å²) in [5, 5.41) is 0.946. The standard InChI is InChI=1S/C23H17ClN4O3S/c24-17-14-16(7-6-15-4-2-1-3-5-15)8-9-18(17)28-21(29)19-20(25-22(28)30)26-23(32-19)27-10-12-31-13-11-27/h1-5,8-9,14H,10-13H2,(H,25,30). The molecule has 0 unspecified atom stereocenters. The highest BCUT2D eigenvalue weighted by atomic mass is 35.5. The monoisotopic (exact) mass is 464 g/mol. The number of fused-ring (bicyclic) bond motifs is 1. The Kier molecular flexibility index (Phi) is 5.53. The summed E-state index contributed by atoms with van der Waals surface area (Å²) in [5.74, 6) is 6.11. The first-order valence-corrected chi connectivity index (χ1v) is 11.2. The number of thiazole rings is 1. The van der Waals surface area contributed by atoms with Crippen LogP contribution in [0, 0.1) is 11.8 Å². The van der Waals surface area contributed by atoms with Crippen molar-refractivity contribution in [2.45, 2.75) is 0 Å². The van der Waals surface area contributed by atoms with E-state index in [2.05, 4.69) is 21.8 Å². The SMILES string of the molecule is O=c1[nH]c2nc(N3CCOCC3)sc2c(=O)n1-c1ccc(C#Cc2ccccc2)cc1Cl. The van der Waals surface area contributed by atoms with E-state index in [9.17, 15) is 9.59 Å². The van der Waals surface area contributed by atoms with Gasteiger partial charge in [0.2, 0.25) is 0 Å². The van der Waals surface area contributed by atoms with Crippen LogP contribution in [0.5, 0.6) is 0 Å². The normalized spacial score (nSPS) is 13.7. The van der Waals surface area contributed by atoms with Crippen LogP contribution in [-0.4, -0.2) is 40.8 Å². The van der Waals surface area contributed by atoms with Crippen molar-refractivity contribution < 1.29 is 4.74 Å². The highest BCUT2D eigenvalue weighted by Gasteiger charge is 2.20. The van der Waals surface area contributed by atoms with E-state index in [1.165, 1.54) is 11.3 Å². The zero-order valence-corrected chi connectivity index (χ0v) is 18.4. The average molecular weight is 465 g/mol. The predicted molar refractivity (Wildman–Crippen MR) is 126 cm³/mol. The fourth-order valence-corrected chi connectivity index (χ4v) is 4.70. The zero-order valence-electron chi connectivity index (χ0n) is 16.8. The summed E-state index contributed by atoms with van der Waals surface area (Å²) in [6.45, 7) is 2.59. The van der Waals surface area contributed by atoms with Crippen molar-refractivity contribution >= 4 is 38.4 Å². The summed E-state index contributed by atoms with van der Waals surface area (Å²) in [4.78, 5) is 35.1. The number of nitrogens with zero attached hydrogens (tertiary/aromatic N) is 3. The van der Waals surface area contributed by atoms with Gasteiger partial charge >= 0.3 is 5.69 Å². The van der Waals surface area contributed by atoms with Crippen LogP contribution in [0.3, 0.4) is 0 Å². The number of rotatable bonds is 2. The number of benzene rings is 2. The minimum Gasteiger partial charge on any atom is -0.378 e. The Hall–Kier alpha value is -3.38. The van der Waals surface area contributed by atoms with Gasteiger partial charge in [0.1, 0.15) is 4.70 Å². The van der Waals surface area contributed by atoms with E-state index in [1.807, 2.05) is 35.2 Å². The van der Waals surface area contributed by atoms with Crippen LogP contribution in [0.4, 0.5) is 5.13 Å². The average Bonchev–Trinajstić information content (AvgIpc) is 3.24. The van der Waals surface area contributed by atoms with Gasteiger partial charge in [-0.25, -0.2) is 14.3 Å². The number of anilines is 1. The molecule has 5 rings (SSSR count). The van der Waals surface area contributed by atoms with Gasteiger partial charge in [0, 0.05) is 24.2 Å². The van der Waals surface area contributed by atoms with Crippen molar-refractivity contribution in [3.8, 4) is 17.5 Å². The number of hydrogen-bond acceptors (Lipinski definition) is 6. The third-order valence-corrected chi connectivity index (χ3v) is 6.44. The summed E-state index contributed by atoms with van der Waals surface area (Å²) in [6.07, 6.45) is 0. The molecule has 0 amide bonds. The number of aromatic nitrogens is 3. The fourth-order valence-electron chi connectivity index (χ4n) is 3.43. The Balaban J connectivity index is 1.53. The summed E-state index contributed by atoms with van der Waals surface area (Å²) >= 11 is 7.71. The summed E-state index contributed by atoms with van der Waals surface area (Å²) in [7, 11) is 0. The number of hydrogen-bond donors (Lipinski definition) is 1. The molecule has 1 saturated heterocycles. The lowest BCUT2D eigenvalue weighted by molar-refractivity contribution is 0.122. The first kappa shape index (κ1) is 20.5. The number of H-pyrrole nitrogens is 1. The van der Waals surface area contributed by atoms with Gasteiger partial charge in [0.15, 0.2) is 10.8 Å². The second-order valence-corrected chi connectivity index (χ2v) is 8.51. The van der Waals surface area contributed by atoms with E-state index in [0.717, 1.165) is 10.1 Å². The molecule has 9 heteroatoms. The van der Waals surface area contributed by atoms with Crippen LogP contribution in [0.2, 0.25) is 5.02 Å². The Morgan fingerprint density at radius 2 is 1.78 bits per heavy atom. The highest BCUT2D eigenvalue weighted by molar-refractivity contribution is 7.22. The Morgan fingerprint density at radius 3 is 2.53 bits per heavy atom. The first-order valence-electron chi connectivity index (χ1n) is 9.96. The molecule has 0 radical (unpaired) electrons. The van der Waals surface area contributed by atoms with E-state index in [-0.39, 0.29) is 10.7 Å². The van der Waals surface area contributed by atoms with E-state index in [0.29, 0.717) is 47.4 Å². The van der Waals surface area contributed by atoms with Crippen LogP contribution in [-0.2, 0) is 4.74 Å². The maximum Gasteiger partial charge on any atom is 0.334 e. The van der Waals surface area contributed by atoms with Gasteiger partial charge in [-0.3, -0.25) is 9.78 Å². The van der Waals surface area contributed by atoms with Crippen molar-refractivity contribution in [1.29, 1.82) is 0 Å².